The molecule has 124 valence electrons. The van der Waals surface area contributed by atoms with Gasteiger partial charge < -0.3 is 18.8 Å². The Bertz CT molecular complexity index is 634. The van der Waals surface area contributed by atoms with Crippen molar-refractivity contribution in [2.75, 3.05) is 20.8 Å². The Morgan fingerprint density at radius 2 is 2.04 bits per heavy atom. The number of benzene rings is 1. The molecule has 5 heteroatoms. The summed E-state index contributed by atoms with van der Waals surface area (Å²) >= 11 is 0. The Morgan fingerprint density at radius 1 is 1.26 bits per heavy atom. The van der Waals surface area contributed by atoms with Crippen molar-refractivity contribution in [2.45, 2.75) is 20.4 Å². The number of hydrogen-bond donors (Lipinski definition) is 0. The van der Waals surface area contributed by atoms with Crippen molar-refractivity contribution in [1.82, 2.24) is 4.90 Å². The first-order chi connectivity index (χ1) is 11.0. The summed E-state index contributed by atoms with van der Waals surface area (Å²) in [4.78, 5) is 14.1. The smallest absolute Gasteiger partial charge is 0.254 e. The lowest BCUT2D eigenvalue weighted by atomic mass is 10.1. The molecule has 0 fully saturated rings. The number of ether oxygens (including phenoxy) is 2. The van der Waals surface area contributed by atoms with Gasteiger partial charge in [-0.2, -0.15) is 0 Å². The van der Waals surface area contributed by atoms with Gasteiger partial charge in [-0.25, -0.2) is 0 Å². The van der Waals surface area contributed by atoms with Crippen LogP contribution < -0.4 is 9.47 Å². The standard InChI is InChI=1S/C18H23NO4/c1-13(2)12-23-16-8-7-14(10-17(16)21-4)18(20)19(3)11-15-6-5-9-22-15/h5-10,13H,11-12H2,1-4H3. The van der Waals surface area contributed by atoms with Crippen LogP contribution in [-0.4, -0.2) is 31.6 Å². The minimum absolute atomic E-state index is 0.102. The highest BCUT2D eigenvalue weighted by molar-refractivity contribution is 5.94. The first kappa shape index (κ1) is 16.9. The maximum absolute atomic E-state index is 12.5. The number of rotatable bonds is 7. The molecule has 2 aromatic rings. The second-order valence-electron chi connectivity index (χ2n) is 5.81. The first-order valence-electron chi connectivity index (χ1n) is 7.60. The van der Waals surface area contributed by atoms with Crippen molar-refractivity contribution in [3.8, 4) is 11.5 Å². The zero-order chi connectivity index (χ0) is 16.8. The van der Waals surface area contributed by atoms with Gasteiger partial charge in [0.15, 0.2) is 11.5 Å². The SMILES string of the molecule is COc1cc(C(=O)N(C)Cc2ccco2)ccc1OCC(C)C. The third-order valence-electron chi connectivity index (χ3n) is 3.30. The molecule has 1 amide bonds. The second-order valence-corrected chi connectivity index (χ2v) is 5.81. The van der Waals surface area contributed by atoms with Crippen LogP contribution >= 0.6 is 0 Å². The van der Waals surface area contributed by atoms with Gasteiger partial charge in [-0.3, -0.25) is 4.79 Å². The van der Waals surface area contributed by atoms with Crippen molar-refractivity contribution in [1.29, 1.82) is 0 Å². The molecule has 0 saturated carbocycles. The largest absolute Gasteiger partial charge is 0.493 e. The van der Waals surface area contributed by atoms with Crippen LogP contribution in [0.2, 0.25) is 0 Å². The van der Waals surface area contributed by atoms with Crippen LogP contribution in [0.25, 0.3) is 0 Å². The summed E-state index contributed by atoms with van der Waals surface area (Å²) in [5.41, 5.74) is 0.549. The van der Waals surface area contributed by atoms with Crippen molar-refractivity contribution >= 4 is 5.91 Å². The third kappa shape index (κ3) is 4.52. The number of methoxy groups -OCH3 is 1. The van der Waals surface area contributed by atoms with Crippen LogP contribution in [0.15, 0.2) is 41.0 Å². The van der Waals surface area contributed by atoms with Crippen molar-refractivity contribution in [3.63, 3.8) is 0 Å². The van der Waals surface area contributed by atoms with Gasteiger partial charge in [0.1, 0.15) is 5.76 Å². The van der Waals surface area contributed by atoms with Crippen LogP contribution in [0.3, 0.4) is 0 Å². The molecule has 0 aliphatic heterocycles. The monoisotopic (exact) mass is 317 g/mol. The molecule has 1 heterocycles. The van der Waals surface area contributed by atoms with E-state index in [0.717, 1.165) is 5.76 Å². The maximum Gasteiger partial charge on any atom is 0.254 e. The summed E-state index contributed by atoms with van der Waals surface area (Å²) in [6.45, 7) is 5.17. The highest BCUT2D eigenvalue weighted by atomic mass is 16.5. The molecule has 23 heavy (non-hydrogen) atoms. The normalized spacial score (nSPS) is 10.7. The number of carbonyl (C=O) groups excluding carboxylic acids is 1. The molecule has 0 N–H and O–H groups in total. The predicted octanol–water partition coefficient (Wildman–Crippen LogP) is 3.60. The number of nitrogens with zero attached hydrogens (tertiary/aromatic N) is 1. The van der Waals surface area contributed by atoms with Crippen LogP contribution in [0, 0.1) is 5.92 Å². The average Bonchev–Trinajstić information content (AvgIpc) is 3.04. The van der Waals surface area contributed by atoms with E-state index in [-0.39, 0.29) is 5.91 Å². The van der Waals surface area contributed by atoms with Gasteiger partial charge in [0, 0.05) is 12.6 Å². The van der Waals surface area contributed by atoms with E-state index in [2.05, 4.69) is 13.8 Å². The van der Waals surface area contributed by atoms with E-state index >= 15 is 0 Å². The molecule has 0 aliphatic carbocycles. The van der Waals surface area contributed by atoms with E-state index in [4.69, 9.17) is 13.9 Å². The summed E-state index contributed by atoms with van der Waals surface area (Å²) < 4.78 is 16.3. The van der Waals surface area contributed by atoms with Gasteiger partial charge in [0.2, 0.25) is 0 Å². The molecular formula is C18H23NO4. The summed E-state index contributed by atoms with van der Waals surface area (Å²) in [7, 11) is 3.30. The summed E-state index contributed by atoms with van der Waals surface area (Å²) in [6.07, 6.45) is 1.59. The topological polar surface area (TPSA) is 51.9 Å². The molecule has 0 aliphatic rings. The van der Waals surface area contributed by atoms with Crippen molar-refractivity contribution < 1.29 is 18.7 Å². The molecule has 0 bridgehead atoms. The maximum atomic E-state index is 12.5. The zero-order valence-corrected chi connectivity index (χ0v) is 14.0. The van der Waals surface area contributed by atoms with E-state index < -0.39 is 0 Å². The first-order valence-corrected chi connectivity index (χ1v) is 7.60. The molecule has 0 spiro atoms. The molecule has 0 saturated heterocycles. The van der Waals surface area contributed by atoms with E-state index in [1.165, 1.54) is 0 Å². The Labute approximate surface area is 136 Å². The molecule has 0 radical (unpaired) electrons. The van der Waals surface area contributed by atoms with Gasteiger partial charge in [-0.1, -0.05) is 13.8 Å². The Balaban J connectivity index is 2.10. The molecule has 5 nitrogen and oxygen atoms in total. The number of carbonyl (C=O) groups is 1. The molecular weight excluding hydrogens is 294 g/mol. The van der Waals surface area contributed by atoms with Crippen LogP contribution in [0.5, 0.6) is 11.5 Å². The van der Waals surface area contributed by atoms with Gasteiger partial charge in [0.25, 0.3) is 5.91 Å². The van der Waals surface area contributed by atoms with Crippen molar-refractivity contribution in [2.24, 2.45) is 5.92 Å². The number of amides is 1. The minimum atomic E-state index is -0.102. The highest BCUT2D eigenvalue weighted by Gasteiger charge is 2.16. The van der Waals surface area contributed by atoms with E-state index in [1.54, 1.807) is 49.6 Å². The van der Waals surface area contributed by atoms with Crippen LogP contribution in [0.4, 0.5) is 0 Å². The summed E-state index contributed by atoms with van der Waals surface area (Å²) in [6, 6.07) is 8.87. The second kappa shape index (κ2) is 7.72. The Morgan fingerprint density at radius 3 is 2.65 bits per heavy atom. The quantitative estimate of drug-likeness (QED) is 0.783. The van der Waals surface area contributed by atoms with Gasteiger partial charge in [-0.05, 0) is 36.2 Å². The highest BCUT2D eigenvalue weighted by Crippen LogP contribution is 2.29. The van der Waals surface area contributed by atoms with Crippen molar-refractivity contribution in [3.05, 3.63) is 47.9 Å². The molecule has 1 aromatic heterocycles. The summed E-state index contributed by atoms with van der Waals surface area (Å²) in [5.74, 6) is 2.26. The van der Waals surface area contributed by atoms with Crippen LogP contribution in [-0.2, 0) is 6.54 Å². The fourth-order valence-corrected chi connectivity index (χ4v) is 2.10. The molecule has 0 atom stereocenters. The number of hydrogen-bond acceptors (Lipinski definition) is 4. The Kier molecular flexibility index (Phi) is 5.68. The minimum Gasteiger partial charge on any atom is -0.493 e. The lowest BCUT2D eigenvalue weighted by Gasteiger charge is -2.17. The van der Waals surface area contributed by atoms with Gasteiger partial charge in [0.05, 0.1) is 26.5 Å². The molecule has 1 aromatic carbocycles. The zero-order valence-electron chi connectivity index (χ0n) is 14.0. The molecule has 2 rings (SSSR count). The van der Waals surface area contributed by atoms with Gasteiger partial charge >= 0.3 is 0 Å². The fraction of sp³-hybridized carbons (Fsp3) is 0.389. The Hall–Kier alpha value is -2.43. The lowest BCUT2D eigenvalue weighted by molar-refractivity contribution is 0.0775. The average molecular weight is 317 g/mol. The predicted molar refractivity (Wildman–Crippen MR) is 87.8 cm³/mol. The summed E-state index contributed by atoms with van der Waals surface area (Å²) in [5, 5.41) is 0. The van der Waals surface area contributed by atoms with Crippen LogP contribution in [0.1, 0.15) is 30.0 Å². The van der Waals surface area contributed by atoms with E-state index in [9.17, 15) is 4.79 Å². The number of furan rings is 1. The van der Waals surface area contributed by atoms with Gasteiger partial charge in [-0.15, -0.1) is 0 Å². The molecule has 0 unspecified atom stereocenters. The third-order valence-corrected chi connectivity index (χ3v) is 3.30. The lowest BCUT2D eigenvalue weighted by Crippen LogP contribution is -2.26. The van der Waals surface area contributed by atoms with E-state index in [1.807, 2.05) is 6.07 Å². The van der Waals surface area contributed by atoms with E-state index in [0.29, 0.717) is 36.1 Å². The fourth-order valence-electron chi connectivity index (χ4n) is 2.10.